The molecule has 0 unspecified atom stereocenters. The molecule has 728 valence electrons. The number of nitrogens with two attached hydrogens (primary N) is 6. The third-order valence-electron chi connectivity index (χ3n) is 22.4. The number of benzene rings is 5. The van der Waals surface area contributed by atoms with Crippen molar-refractivity contribution in [3.8, 4) is 11.5 Å². The molecule has 29 N–H and O–H groups in total. The van der Waals surface area contributed by atoms with Crippen molar-refractivity contribution in [2.45, 2.75) is 246 Å². The molecule has 0 aliphatic carbocycles. The van der Waals surface area contributed by atoms with Crippen LogP contribution in [0.5, 0.6) is 11.5 Å². The second-order valence-corrected chi connectivity index (χ2v) is 37.9. The van der Waals surface area contributed by atoms with Crippen molar-refractivity contribution in [3.63, 3.8) is 0 Å². The van der Waals surface area contributed by atoms with Crippen LogP contribution in [0.1, 0.15) is 154 Å². The maximum Gasteiger partial charge on any atom is 0.312 e. The Balaban J connectivity index is 1.36. The quantitative estimate of drug-likeness (QED) is 0.0161. The van der Waals surface area contributed by atoms with Gasteiger partial charge in [0.15, 0.2) is 0 Å². The summed E-state index contributed by atoms with van der Waals surface area (Å²) in [4.78, 5) is 247. The Bertz CT molecular complexity index is 5180. The van der Waals surface area contributed by atoms with Crippen molar-refractivity contribution in [1.82, 2.24) is 79.4 Å². The van der Waals surface area contributed by atoms with Gasteiger partial charge in [-0.1, -0.05) is 107 Å². The van der Waals surface area contributed by atoms with Crippen LogP contribution < -0.4 is 114 Å². The van der Waals surface area contributed by atoms with Crippen LogP contribution in [-0.4, -0.2) is 236 Å². The highest BCUT2D eigenvalue weighted by Crippen LogP contribution is 2.47. The average Bonchev–Trinajstić information content (AvgIpc) is 1.57. The van der Waals surface area contributed by atoms with E-state index < -0.39 is 201 Å². The number of aryl methyl sites for hydroxylation is 2. The average molecular weight is 1900 g/mol. The van der Waals surface area contributed by atoms with E-state index in [0.717, 1.165) is 51.8 Å². The van der Waals surface area contributed by atoms with Gasteiger partial charge < -0.3 is 129 Å². The lowest BCUT2D eigenvalue weighted by molar-refractivity contribution is -0.138. The molecule has 1 aromatic heterocycles. The zero-order chi connectivity index (χ0) is 98.9. The number of aromatic nitrogens is 1. The molecule has 5 aromatic carbocycles. The molecule has 0 saturated carbocycles. The minimum Gasteiger partial charge on any atom is -0.508 e. The van der Waals surface area contributed by atoms with E-state index in [2.05, 4.69) is 79.4 Å². The number of rotatable bonds is 44. The summed E-state index contributed by atoms with van der Waals surface area (Å²) in [7, 11) is 1.76. The maximum atomic E-state index is 16.3. The van der Waals surface area contributed by atoms with Crippen LogP contribution in [0, 0.1) is 6.92 Å². The smallest absolute Gasteiger partial charge is 0.312 e. The molecule has 0 radical (unpaired) electrons. The van der Waals surface area contributed by atoms with Gasteiger partial charge in [-0.05, 0) is 182 Å². The first kappa shape index (κ1) is 108. The van der Waals surface area contributed by atoms with E-state index in [9.17, 15) is 63.0 Å². The van der Waals surface area contributed by atoms with Crippen LogP contribution in [0.15, 0.2) is 115 Å². The number of amides is 18. The van der Waals surface area contributed by atoms with Gasteiger partial charge in [0.2, 0.25) is 94.5 Å². The molecule has 1 fully saturated rings. The van der Waals surface area contributed by atoms with Gasteiger partial charge in [-0.15, -0.1) is 0 Å². The molecule has 41 nitrogen and oxygen atoms in total. The van der Waals surface area contributed by atoms with Crippen LogP contribution in [0.3, 0.4) is 0 Å². The molecule has 134 heavy (non-hydrogen) atoms. The SMILES string of the molecule is CC(=O)NCCCC[C@H](NC(=O)[C@](C)(CCCCN)NC(=O)[C@H](CCc1ccc2ccccc2c1)NC(=O)[C@H](Cc1ccc(OCCN)cc1)NC(=O)[C@H]1NC(=O)[C@H](CCCNC(N)=O)NC(=O)[C@H](Cc2c[nH]c3c(C)cccc23)NC(=O)[C@H]([C@@H](C)O)NC(=O)[C@H](CC(N)=O)NC(=O)[C@@H](NC(C)=O)C(C)(C)SSC1(C)C)C(=O)N[C@@H](CC(N)=O)C(=O)N[C@H](Cc1ccc(O)cc1)C(N)=O. The molecule has 0 bridgehead atoms. The van der Waals surface area contributed by atoms with Crippen LogP contribution in [0.2, 0.25) is 0 Å². The summed E-state index contributed by atoms with van der Waals surface area (Å²) in [6.45, 7) is 13.0. The third-order valence-corrected chi connectivity index (χ3v) is 26.6. The number of nitrogens with one attached hydrogen (secondary N) is 15. The lowest BCUT2D eigenvalue weighted by Gasteiger charge is -2.39. The van der Waals surface area contributed by atoms with Gasteiger partial charge in [-0.3, -0.25) is 76.7 Å². The molecular weight excluding hydrogens is 1770 g/mol. The second kappa shape index (κ2) is 51.2. The number of urea groups is 1. The van der Waals surface area contributed by atoms with E-state index in [1.807, 2.05) is 55.5 Å². The van der Waals surface area contributed by atoms with Gasteiger partial charge in [0.25, 0.3) is 0 Å². The summed E-state index contributed by atoms with van der Waals surface area (Å²) >= 11 is 0. The number of fused-ring (bicyclic) bond motifs is 2. The molecule has 43 heteroatoms. The lowest BCUT2D eigenvalue weighted by atomic mass is 9.91. The predicted octanol–water partition coefficient (Wildman–Crippen LogP) is -0.986. The number of aromatic amines is 1. The van der Waals surface area contributed by atoms with E-state index in [-0.39, 0.29) is 121 Å². The fourth-order valence-corrected chi connectivity index (χ4v) is 17.7. The van der Waals surface area contributed by atoms with E-state index in [1.165, 1.54) is 65.8 Å². The minimum atomic E-state index is -2.05. The fourth-order valence-electron chi connectivity index (χ4n) is 14.9. The number of para-hydroxylation sites is 1. The number of phenols is 1. The van der Waals surface area contributed by atoms with E-state index >= 15 is 28.8 Å². The zero-order valence-corrected chi connectivity index (χ0v) is 78.2. The normalized spacial score (nSPS) is 19.0. The number of aliphatic hydroxyl groups is 1. The Morgan fingerprint density at radius 3 is 1.78 bits per heavy atom. The molecule has 18 amide bonds. The van der Waals surface area contributed by atoms with Gasteiger partial charge in [0, 0.05) is 79.3 Å². The van der Waals surface area contributed by atoms with Crippen molar-refractivity contribution in [1.29, 1.82) is 0 Å². The summed E-state index contributed by atoms with van der Waals surface area (Å²) in [5.74, 6) is -15.9. The number of phenolic OH excluding ortho intramolecular Hbond substituents is 1. The summed E-state index contributed by atoms with van der Waals surface area (Å²) < 4.78 is 2.52. The van der Waals surface area contributed by atoms with Gasteiger partial charge in [-0.2, -0.15) is 0 Å². The number of unbranched alkanes of at least 4 members (excludes halogenated alkanes) is 2. The summed E-state index contributed by atoms with van der Waals surface area (Å²) in [5.41, 5.74) is 35.7. The topological polar surface area (TPSA) is 680 Å². The van der Waals surface area contributed by atoms with Crippen molar-refractivity contribution < 1.29 is 96.5 Å². The molecule has 0 spiro atoms. The predicted molar refractivity (Wildman–Crippen MR) is 503 cm³/mol. The first-order chi connectivity index (χ1) is 63.3. The van der Waals surface area contributed by atoms with E-state index in [0.29, 0.717) is 38.9 Å². The van der Waals surface area contributed by atoms with Gasteiger partial charge >= 0.3 is 6.03 Å². The van der Waals surface area contributed by atoms with E-state index in [4.69, 9.17) is 39.1 Å². The molecule has 1 aliphatic rings. The van der Waals surface area contributed by atoms with Crippen molar-refractivity contribution in [2.24, 2.45) is 34.4 Å². The Labute approximate surface area is 783 Å². The summed E-state index contributed by atoms with van der Waals surface area (Å²) in [6, 6.07) is 10.2. The number of hydrogen-bond donors (Lipinski definition) is 23. The number of carbonyl (C=O) groups excluding carboxylic acids is 17. The van der Waals surface area contributed by atoms with Crippen LogP contribution in [-0.2, 0) is 102 Å². The number of H-pyrrole nitrogens is 1. The first-order valence-electron chi connectivity index (χ1n) is 44.1. The molecule has 1 aliphatic heterocycles. The molecule has 7 rings (SSSR count). The number of primary amides is 4. The molecular formula is C91H127N21O20S2. The Hall–Kier alpha value is -13.1. The Morgan fingerprint density at radius 2 is 1.15 bits per heavy atom. The number of carbonyl (C=O) groups is 17. The first-order valence-corrected chi connectivity index (χ1v) is 46.2. The maximum absolute atomic E-state index is 16.3. The Morgan fingerprint density at radius 1 is 0.560 bits per heavy atom. The van der Waals surface area contributed by atoms with Crippen molar-refractivity contribution in [2.75, 3.05) is 32.8 Å². The van der Waals surface area contributed by atoms with Gasteiger partial charge in [0.1, 0.15) is 90.1 Å². The fraction of sp³-hybridized carbons (Fsp3) is 0.484. The number of ether oxygens (including phenoxy) is 1. The zero-order valence-electron chi connectivity index (χ0n) is 76.6. The van der Waals surface area contributed by atoms with Gasteiger partial charge in [-0.25, -0.2) is 4.79 Å². The number of hydrogen-bond acceptors (Lipinski definition) is 24. The molecule has 6 aromatic rings. The highest BCUT2D eigenvalue weighted by atomic mass is 33.1. The molecule has 13 atom stereocenters. The number of aromatic hydroxyl groups is 1. The largest absolute Gasteiger partial charge is 0.508 e. The van der Waals surface area contributed by atoms with Crippen molar-refractivity contribution >= 4 is 144 Å². The Kier molecular flexibility index (Phi) is 41.2. The lowest BCUT2D eigenvalue weighted by Crippen LogP contribution is -2.65. The van der Waals surface area contributed by atoms with E-state index in [1.54, 1.807) is 42.6 Å². The van der Waals surface area contributed by atoms with Crippen molar-refractivity contribution in [3.05, 3.63) is 143 Å². The molecule has 1 saturated heterocycles. The van der Waals surface area contributed by atoms with Gasteiger partial charge in [0.05, 0.1) is 18.9 Å². The van der Waals surface area contributed by atoms with Crippen LogP contribution in [0.25, 0.3) is 21.7 Å². The summed E-state index contributed by atoms with van der Waals surface area (Å²) in [6.07, 6.45) is -3.08. The number of aliphatic hydroxyl groups excluding tert-OH is 1. The van der Waals surface area contributed by atoms with Crippen LogP contribution in [0.4, 0.5) is 4.79 Å². The molecule has 2 heterocycles. The highest BCUT2D eigenvalue weighted by molar-refractivity contribution is 8.77. The highest BCUT2D eigenvalue weighted by Gasteiger charge is 2.47. The minimum absolute atomic E-state index is 0.0497. The summed E-state index contributed by atoms with van der Waals surface area (Å²) in [5, 5.41) is 60.4. The standard InChI is InChI=1S/C91H127N21O20S2/c1-49-18-16-21-61-58(48-100-72(49)61)45-67-80(123)102-62(23-17-40-99-88(97)131)78(121)111-75(90(7,8)134-133-89(5,6)74(101-52(4)115)85(128)108-69(47-71(95)118)82(125)110-73(50(2)113)84(127)106-67)86(129)107-66(44-55-27-33-60(34-28-55)132-41-38-93)79(122)103-64(35-29-53-24-30-56-19-10-11-20-57(56)42-53)83(126)112-91(9,36-13-14-37-92)87(130)109-63(22-12-15-39-98-51(3)114)77(120)105-68(46-70(94)117)81(124)104-65(76(96)119)43-54-25-31-59(116)32-26-54/h10-11,16,18-21,24-28,30-34,42,48,50,62-69,73-75,100,113,116H,12-15,17,22-23,29,35-41,43-47,92-93H2,1-9H3,(H2,94,117)(H2,95,118)(H2,96,119)(H,98,114)(H,101,115)(H,102,123)(H,103,122)(H,104,124)(H,105,120)(H,106,127)(H,107,129)(H,108,128)(H,109,130)(H,110,125)(H,111,121)(H,112,126)(H3,97,99,131)/t50-,62+,63+,64+,65-,66+,67+,68+,69+,73+,74-,75-,91+/m1/s1. The second-order valence-electron chi connectivity index (χ2n) is 34.4. The van der Waals surface area contributed by atoms with Crippen LogP contribution >= 0.6 is 21.6 Å². The monoisotopic (exact) mass is 1900 g/mol. The third kappa shape index (κ3) is 33.5.